The van der Waals surface area contributed by atoms with Gasteiger partial charge in [-0.25, -0.2) is 4.98 Å². The minimum absolute atomic E-state index is 0.171. The van der Waals surface area contributed by atoms with E-state index in [9.17, 15) is 14.9 Å². The fraction of sp³-hybridized carbons (Fsp3) is 0.412. The third kappa shape index (κ3) is 2.60. The molecule has 24 heavy (non-hydrogen) atoms. The molecule has 1 saturated carbocycles. The molecule has 0 bridgehead atoms. The Morgan fingerprint density at radius 3 is 2.75 bits per heavy atom. The molecule has 3 rings (SSSR count). The number of hydrogen-bond donors (Lipinski definition) is 2. The molecule has 1 aromatic carbocycles. The Hall–Kier alpha value is -2.88. The molecule has 1 aliphatic rings. The van der Waals surface area contributed by atoms with Gasteiger partial charge in [0, 0.05) is 6.54 Å². The maximum atomic E-state index is 12.5. The van der Waals surface area contributed by atoms with E-state index in [0.717, 1.165) is 12.8 Å². The molecule has 124 valence electrons. The number of aromatic nitrogens is 2. The van der Waals surface area contributed by atoms with Gasteiger partial charge in [0.15, 0.2) is 0 Å². The number of para-hydroxylation sites is 1. The van der Waals surface area contributed by atoms with Gasteiger partial charge in [-0.15, -0.1) is 0 Å². The molecule has 0 aliphatic heterocycles. The third-order valence-corrected chi connectivity index (χ3v) is 4.57. The summed E-state index contributed by atoms with van der Waals surface area (Å²) in [6, 6.07) is 9.21. The van der Waals surface area contributed by atoms with Crippen molar-refractivity contribution in [1.29, 1.82) is 5.26 Å². The molecule has 1 heterocycles. The summed E-state index contributed by atoms with van der Waals surface area (Å²) in [5.41, 5.74) is 4.70. The molecule has 7 nitrogen and oxygen atoms in total. The van der Waals surface area contributed by atoms with Gasteiger partial charge in [-0.3, -0.25) is 25.0 Å². The van der Waals surface area contributed by atoms with Gasteiger partial charge in [0.05, 0.1) is 17.0 Å². The van der Waals surface area contributed by atoms with E-state index in [4.69, 9.17) is 0 Å². The maximum absolute atomic E-state index is 12.5. The quantitative estimate of drug-likeness (QED) is 0.837. The molecule has 2 N–H and O–H groups in total. The Morgan fingerprint density at radius 2 is 2.08 bits per heavy atom. The highest BCUT2D eigenvalue weighted by Crippen LogP contribution is 2.37. The summed E-state index contributed by atoms with van der Waals surface area (Å²) < 4.78 is 1.45. The van der Waals surface area contributed by atoms with E-state index in [1.165, 1.54) is 4.57 Å². The first-order valence-electron chi connectivity index (χ1n) is 8.08. The van der Waals surface area contributed by atoms with Gasteiger partial charge >= 0.3 is 0 Å². The lowest BCUT2D eigenvalue weighted by Crippen LogP contribution is -2.42. The number of nitrogens with zero attached hydrogens (tertiary/aromatic N) is 3. The summed E-state index contributed by atoms with van der Waals surface area (Å²) in [5.74, 6) is -0.104. The minimum Gasteiger partial charge on any atom is -0.277 e. The molecule has 7 heteroatoms. The molecule has 2 aromatic rings. The number of carbonyl (C=O) groups is 1. The van der Waals surface area contributed by atoms with E-state index in [1.54, 1.807) is 24.3 Å². The van der Waals surface area contributed by atoms with Crippen molar-refractivity contribution in [2.45, 2.75) is 39.2 Å². The highest BCUT2D eigenvalue weighted by molar-refractivity contribution is 5.86. The highest BCUT2D eigenvalue weighted by atomic mass is 16.2. The molecule has 0 saturated heterocycles. The molecule has 0 spiro atoms. The van der Waals surface area contributed by atoms with Gasteiger partial charge < -0.3 is 0 Å². The maximum Gasteiger partial charge on any atom is 0.262 e. The van der Waals surface area contributed by atoms with Crippen molar-refractivity contribution in [3.63, 3.8) is 0 Å². The molecule has 0 radical (unpaired) electrons. The Morgan fingerprint density at radius 1 is 1.38 bits per heavy atom. The van der Waals surface area contributed by atoms with Crippen LogP contribution in [0.25, 0.3) is 10.9 Å². The van der Waals surface area contributed by atoms with Crippen LogP contribution in [0.5, 0.6) is 0 Å². The van der Waals surface area contributed by atoms with Crippen molar-refractivity contribution in [3.8, 4) is 6.07 Å². The average molecular weight is 325 g/mol. The summed E-state index contributed by atoms with van der Waals surface area (Å²) >= 11 is 0. The van der Waals surface area contributed by atoms with Crippen LogP contribution in [0.4, 0.5) is 5.95 Å². The van der Waals surface area contributed by atoms with Crippen LogP contribution in [0.3, 0.4) is 0 Å². The number of hydrazine groups is 1. The van der Waals surface area contributed by atoms with Crippen LogP contribution in [-0.2, 0) is 11.3 Å². The topological polar surface area (TPSA) is 99.8 Å². The van der Waals surface area contributed by atoms with Gasteiger partial charge in [-0.05, 0) is 31.9 Å². The molecular weight excluding hydrogens is 306 g/mol. The smallest absolute Gasteiger partial charge is 0.262 e. The predicted octanol–water partition coefficient (Wildman–Crippen LogP) is 1.94. The lowest BCUT2D eigenvalue weighted by molar-refractivity contribution is -0.127. The first-order valence-corrected chi connectivity index (χ1v) is 8.08. The van der Waals surface area contributed by atoms with E-state index >= 15 is 0 Å². The van der Waals surface area contributed by atoms with E-state index in [0.29, 0.717) is 30.3 Å². The Bertz CT molecular complexity index is 875. The summed E-state index contributed by atoms with van der Waals surface area (Å²) in [5, 5.41) is 9.89. The lowest BCUT2D eigenvalue weighted by atomic mass is 9.87. The zero-order valence-electron chi connectivity index (χ0n) is 13.5. The molecule has 0 atom stereocenters. The first-order chi connectivity index (χ1) is 11.6. The van der Waals surface area contributed by atoms with E-state index in [2.05, 4.69) is 21.9 Å². The summed E-state index contributed by atoms with van der Waals surface area (Å²) in [6.07, 6.45) is 2.86. The van der Waals surface area contributed by atoms with Crippen LogP contribution in [0.15, 0.2) is 29.1 Å². The van der Waals surface area contributed by atoms with Crippen LogP contribution in [0.1, 0.15) is 32.6 Å². The second-order valence-corrected chi connectivity index (χ2v) is 5.98. The third-order valence-electron chi connectivity index (χ3n) is 4.57. The monoisotopic (exact) mass is 325 g/mol. The minimum atomic E-state index is -0.985. The molecule has 1 aromatic heterocycles. The SMILES string of the molecule is CCn1c(NNC(=O)C2(C#N)CCCC2)nc2ccccc2c1=O. The number of benzene rings is 1. The number of nitrogens with one attached hydrogen (secondary N) is 2. The van der Waals surface area contributed by atoms with Crippen LogP contribution in [-0.4, -0.2) is 15.5 Å². The van der Waals surface area contributed by atoms with E-state index in [-0.39, 0.29) is 17.4 Å². The number of rotatable bonds is 4. The number of hydrogen-bond acceptors (Lipinski definition) is 5. The number of fused-ring (bicyclic) bond motifs is 1. The zero-order chi connectivity index (χ0) is 17.2. The molecule has 1 amide bonds. The van der Waals surface area contributed by atoms with Crippen LogP contribution in [0.2, 0.25) is 0 Å². The fourth-order valence-corrected chi connectivity index (χ4v) is 3.16. The van der Waals surface area contributed by atoms with Gasteiger partial charge in [-0.1, -0.05) is 25.0 Å². The summed E-state index contributed by atoms with van der Waals surface area (Å²) in [7, 11) is 0. The Balaban J connectivity index is 1.89. The second kappa shape index (κ2) is 6.32. The normalized spacial score (nSPS) is 15.8. The largest absolute Gasteiger partial charge is 0.277 e. The second-order valence-electron chi connectivity index (χ2n) is 5.98. The molecule has 1 aliphatic carbocycles. The van der Waals surface area contributed by atoms with Crippen LogP contribution < -0.4 is 16.4 Å². The average Bonchev–Trinajstić information content (AvgIpc) is 3.10. The number of anilines is 1. The first kappa shape index (κ1) is 16.0. The van der Waals surface area contributed by atoms with E-state index < -0.39 is 5.41 Å². The number of amides is 1. The van der Waals surface area contributed by atoms with Crippen molar-refractivity contribution in [1.82, 2.24) is 15.0 Å². The summed E-state index contributed by atoms with van der Waals surface area (Å²) in [6.45, 7) is 2.25. The lowest BCUT2D eigenvalue weighted by Gasteiger charge is -2.20. The van der Waals surface area contributed by atoms with Gasteiger partial charge in [-0.2, -0.15) is 5.26 Å². The highest BCUT2D eigenvalue weighted by Gasteiger charge is 2.41. The zero-order valence-corrected chi connectivity index (χ0v) is 13.5. The van der Waals surface area contributed by atoms with Crippen molar-refractivity contribution >= 4 is 22.8 Å². The molecular formula is C17H19N5O2. The number of nitriles is 1. The van der Waals surface area contributed by atoms with Crippen molar-refractivity contribution in [2.75, 3.05) is 5.43 Å². The Kier molecular flexibility index (Phi) is 4.21. The predicted molar refractivity (Wildman–Crippen MR) is 90.0 cm³/mol. The Labute approximate surface area is 139 Å². The van der Waals surface area contributed by atoms with Crippen LogP contribution in [0, 0.1) is 16.7 Å². The van der Waals surface area contributed by atoms with Crippen LogP contribution >= 0.6 is 0 Å². The molecule has 0 unspecified atom stereocenters. The van der Waals surface area contributed by atoms with Gasteiger partial charge in [0.25, 0.3) is 11.5 Å². The van der Waals surface area contributed by atoms with Gasteiger partial charge in [0.1, 0.15) is 5.41 Å². The van der Waals surface area contributed by atoms with Crippen molar-refractivity contribution < 1.29 is 4.79 Å². The standard InChI is InChI=1S/C17H19N5O2/c1-2-22-14(23)12-7-3-4-8-13(12)19-16(22)21-20-15(24)17(11-18)9-5-6-10-17/h3-4,7-8H,2,5-6,9-10H2,1H3,(H,19,21)(H,20,24). The van der Waals surface area contributed by atoms with Crippen molar-refractivity contribution in [2.24, 2.45) is 5.41 Å². The van der Waals surface area contributed by atoms with Crippen molar-refractivity contribution in [3.05, 3.63) is 34.6 Å². The van der Waals surface area contributed by atoms with Gasteiger partial charge in [0.2, 0.25) is 5.95 Å². The number of carbonyl (C=O) groups excluding carboxylic acids is 1. The van der Waals surface area contributed by atoms with E-state index in [1.807, 2.05) is 6.92 Å². The summed E-state index contributed by atoms with van der Waals surface area (Å²) in [4.78, 5) is 29.3. The molecule has 1 fully saturated rings. The fourth-order valence-electron chi connectivity index (χ4n) is 3.16.